The minimum Gasteiger partial charge on any atom is -0.481 e. The molecule has 1 atom stereocenters. The zero-order chi connectivity index (χ0) is 22.6. The van der Waals surface area contributed by atoms with E-state index in [1.165, 1.54) is 18.2 Å². The first kappa shape index (κ1) is 22.0. The molecule has 1 aliphatic rings. The molecule has 0 saturated carbocycles. The van der Waals surface area contributed by atoms with Gasteiger partial charge in [-0.15, -0.1) is 0 Å². The Morgan fingerprint density at radius 2 is 1.41 bits per heavy atom. The zero-order valence-electron chi connectivity index (χ0n) is 19.0. The predicted octanol–water partition coefficient (Wildman–Crippen LogP) is 3.24. The second kappa shape index (κ2) is 9.54. The van der Waals surface area contributed by atoms with Crippen molar-refractivity contribution in [2.75, 3.05) is 34.4 Å². The SMILES string of the molecule is COc1nc(OC)c(CN2CCN[C@H](C)C2(c2ccccc2)c2ccccc2)c(OC)n1. The maximum Gasteiger partial charge on any atom is 0.322 e. The third-order valence-electron chi connectivity index (χ3n) is 6.21. The van der Waals surface area contributed by atoms with E-state index in [0.717, 1.165) is 18.7 Å². The molecule has 168 valence electrons. The van der Waals surface area contributed by atoms with Crippen LogP contribution in [0.25, 0.3) is 0 Å². The molecule has 4 rings (SSSR count). The van der Waals surface area contributed by atoms with Gasteiger partial charge in [0.15, 0.2) is 0 Å². The molecular formula is C25H30N4O3. The van der Waals surface area contributed by atoms with Crippen LogP contribution in [0.15, 0.2) is 60.7 Å². The summed E-state index contributed by atoms with van der Waals surface area (Å²) in [5.74, 6) is 0.907. The number of hydrogen-bond acceptors (Lipinski definition) is 7. The summed E-state index contributed by atoms with van der Waals surface area (Å²) in [7, 11) is 4.74. The van der Waals surface area contributed by atoms with E-state index in [-0.39, 0.29) is 12.1 Å². The molecular weight excluding hydrogens is 404 g/mol. The molecule has 7 heteroatoms. The molecule has 32 heavy (non-hydrogen) atoms. The van der Waals surface area contributed by atoms with Crippen LogP contribution < -0.4 is 19.5 Å². The predicted molar refractivity (Wildman–Crippen MR) is 123 cm³/mol. The van der Waals surface area contributed by atoms with Crippen LogP contribution in [0.5, 0.6) is 17.8 Å². The van der Waals surface area contributed by atoms with Gasteiger partial charge in [-0.25, -0.2) is 0 Å². The van der Waals surface area contributed by atoms with E-state index in [9.17, 15) is 0 Å². The lowest BCUT2D eigenvalue weighted by Gasteiger charge is -2.52. The van der Waals surface area contributed by atoms with Crippen LogP contribution in [0.2, 0.25) is 0 Å². The fraction of sp³-hybridized carbons (Fsp3) is 0.360. The molecule has 0 radical (unpaired) electrons. The van der Waals surface area contributed by atoms with Gasteiger partial charge in [-0.3, -0.25) is 4.90 Å². The van der Waals surface area contributed by atoms with Gasteiger partial charge < -0.3 is 19.5 Å². The second-order valence-corrected chi connectivity index (χ2v) is 7.80. The van der Waals surface area contributed by atoms with Gasteiger partial charge in [0, 0.05) is 25.7 Å². The average Bonchev–Trinajstić information content (AvgIpc) is 2.85. The van der Waals surface area contributed by atoms with E-state index in [1.54, 1.807) is 14.2 Å². The van der Waals surface area contributed by atoms with Crippen molar-refractivity contribution in [2.45, 2.75) is 25.0 Å². The van der Waals surface area contributed by atoms with Crippen LogP contribution in [0.1, 0.15) is 23.6 Å². The lowest BCUT2D eigenvalue weighted by Crippen LogP contribution is -2.64. The Hall–Kier alpha value is -3.16. The highest BCUT2D eigenvalue weighted by Crippen LogP contribution is 2.43. The van der Waals surface area contributed by atoms with E-state index in [0.29, 0.717) is 18.3 Å². The number of piperazine rings is 1. The average molecular weight is 435 g/mol. The topological polar surface area (TPSA) is 68.7 Å². The normalized spacial score (nSPS) is 18.2. The summed E-state index contributed by atoms with van der Waals surface area (Å²) < 4.78 is 16.5. The lowest BCUT2D eigenvalue weighted by atomic mass is 9.74. The monoisotopic (exact) mass is 434 g/mol. The lowest BCUT2D eigenvalue weighted by molar-refractivity contribution is 0.0458. The summed E-state index contributed by atoms with van der Waals surface area (Å²) in [6.07, 6.45) is 0. The Labute approximate surface area is 189 Å². The highest BCUT2D eigenvalue weighted by atomic mass is 16.5. The summed E-state index contributed by atoms with van der Waals surface area (Å²) >= 11 is 0. The van der Waals surface area contributed by atoms with Crippen LogP contribution in [-0.2, 0) is 12.1 Å². The van der Waals surface area contributed by atoms with Gasteiger partial charge in [0.25, 0.3) is 0 Å². The summed E-state index contributed by atoms with van der Waals surface area (Å²) in [5.41, 5.74) is 2.83. The maximum absolute atomic E-state index is 5.62. The standard InChI is InChI=1S/C25H30N4O3/c1-18-25(19-11-7-5-8-12-19,20-13-9-6-10-14-20)29(16-15-26-18)17-21-22(30-2)27-24(32-4)28-23(21)31-3/h5-14,18,26H,15-17H2,1-4H3/t18-/m1/s1. The Balaban J connectivity index is 1.89. The Morgan fingerprint density at radius 1 is 0.875 bits per heavy atom. The fourth-order valence-corrected chi connectivity index (χ4v) is 4.81. The van der Waals surface area contributed by atoms with Gasteiger partial charge in [0.05, 0.1) is 32.4 Å². The van der Waals surface area contributed by atoms with E-state index >= 15 is 0 Å². The summed E-state index contributed by atoms with van der Waals surface area (Å²) in [4.78, 5) is 11.3. The summed E-state index contributed by atoms with van der Waals surface area (Å²) in [6, 6.07) is 21.6. The van der Waals surface area contributed by atoms with Crippen molar-refractivity contribution < 1.29 is 14.2 Å². The van der Waals surface area contributed by atoms with E-state index in [2.05, 4.69) is 87.8 Å². The van der Waals surface area contributed by atoms with Gasteiger partial charge in [-0.1, -0.05) is 60.7 Å². The molecule has 1 fully saturated rings. The molecule has 7 nitrogen and oxygen atoms in total. The third-order valence-corrected chi connectivity index (χ3v) is 6.21. The number of benzene rings is 2. The Bertz CT molecular complexity index is 965. The number of hydrogen-bond donors (Lipinski definition) is 1. The first-order valence-corrected chi connectivity index (χ1v) is 10.8. The van der Waals surface area contributed by atoms with Crippen LogP contribution in [-0.4, -0.2) is 55.3 Å². The first-order valence-electron chi connectivity index (χ1n) is 10.8. The van der Waals surface area contributed by atoms with Crippen LogP contribution in [0.4, 0.5) is 0 Å². The number of nitrogens with one attached hydrogen (secondary N) is 1. The van der Waals surface area contributed by atoms with E-state index in [1.807, 2.05) is 0 Å². The first-order chi connectivity index (χ1) is 15.6. The molecule has 1 aromatic heterocycles. The molecule has 2 aromatic carbocycles. The molecule has 1 N–H and O–H groups in total. The van der Waals surface area contributed by atoms with Crippen LogP contribution in [0, 0.1) is 0 Å². The van der Waals surface area contributed by atoms with Crippen molar-refractivity contribution in [3.63, 3.8) is 0 Å². The number of aromatic nitrogens is 2. The van der Waals surface area contributed by atoms with Crippen molar-refractivity contribution >= 4 is 0 Å². The van der Waals surface area contributed by atoms with E-state index in [4.69, 9.17) is 14.2 Å². The largest absolute Gasteiger partial charge is 0.481 e. The molecule has 2 heterocycles. The van der Waals surface area contributed by atoms with Gasteiger partial charge in [-0.05, 0) is 18.1 Å². The van der Waals surface area contributed by atoms with Gasteiger partial charge in [-0.2, -0.15) is 9.97 Å². The van der Waals surface area contributed by atoms with Crippen molar-refractivity contribution in [1.29, 1.82) is 0 Å². The summed E-state index contributed by atoms with van der Waals surface area (Å²) in [5, 5.41) is 3.71. The van der Waals surface area contributed by atoms with Crippen molar-refractivity contribution in [3.8, 4) is 17.8 Å². The highest BCUT2D eigenvalue weighted by molar-refractivity contribution is 5.43. The van der Waals surface area contributed by atoms with Crippen molar-refractivity contribution in [3.05, 3.63) is 77.4 Å². The number of methoxy groups -OCH3 is 3. The molecule has 0 amide bonds. The molecule has 3 aromatic rings. The van der Waals surface area contributed by atoms with Gasteiger partial charge in [0.2, 0.25) is 11.8 Å². The maximum atomic E-state index is 5.62. The highest BCUT2D eigenvalue weighted by Gasteiger charge is 2.47. The minimum absolute atomic E-state index is 0.150. The molecule has 0 bridgehead atoms. The quantitative estimate of drug-likeness (QED) is 0.612. The van der Waals surface area contributed by atoms with Crippen molar-refractivity contribution in [2.24, 2.45) is 0 Å². The van der Waals surface area contributed by atoms with Crippen LogP contribution >= 0.6 is 0 Å². The Morgan fingerprint density at radius 3 is 1.88 bits per heavy atom. The smallest absolute Gasteiger partial charge is 0.322 e. The molecule has 0 aliphatic carbocycles. The minimum atomic E-state index is -0.406. The molecule has 1 saturated heterocycles. The second-order valence-electron chi connectivity index (χ2n) is 7.80. The Kier molecular flexibility index (Phi) is 6.58. The van der Waals surface area contributed by atoms with Gasteiger partial charge >= 0.3 is 6.01 Å². The number of ether oxygens (including phenoxy) is 3. The van der Waals surface area contributed by atoms with Crippen molar-refractivity contribution in [1.82, 2.24) is 20.2 Å². The summed E-state index contributed by atoms with van der Waals surface area (Å²) in [6.45, 7) is 4.48. The van der Waals surface area contributed by atoms with E-state index < -0.39 is 5.54 Å². The number of rotatable bonds is 7. The molecule has 1 aliphatic heterocycles. The zero-order valence-corrected chi connectivity index (χ0v) is 19.0. The third kappa shape index (κ3) is 3.78. The fourth-order valence-electron chi connectivity index (χ4n) is 4.81. The molecule has 0 spiro atoms. The van der Waals surface area contributed by atoms with Gasteiger partial charge in [0.1, 0.15) is 0 Å². The molecule has 0 unspecified atom stereocenters. The van der Waals surface area contributed by atoms with Crippen LogP contribution in [0.3, 0.4) is 0 Å². The number of nitrogens with zero attached hydrogens (tertiary/aromatic N) is 3.